The molecule has 0 aromatic carbocycles. The molecule has 160 valence electrons. The number of rotatable bonds is 4. The molecule has 0 saturated heterocycles. The third-order valence-corrected chi connectivity index (χ3v) is 6.78. The summed E-state index contributed by atoms with van der Waals surface area (Å²) in [6, 6.07) is 2.07. The minimum Gasteiger partial charge on any atom is -0.363 e. The van der Waals surface area contributed by atoms with E-state index in [4.69, 9.17) is 5.73 Å². The van der Waals surface area contributed by atoms with Gasteiger partial charge in [-0.1, -0.05) is 19.8 Å². The molecule has 30 heavy (non-hydrogen) atoms. The molecular weight excluding hydrogens is 383 g/mol. The first-order chi connectivity index (χ1) is 14.5. The summed E-state index contributed by atoms with van der Waals surface area (Å²) >= 11 is 0. The fourth-order valence-electron chi connectivity index (χ4n) is 4.95. The summed E-state index contributed by atoms with van der Waals surface area (Å²) in [6.45, 7) is 6.13. The number of carbonyl (C=O) groups is 1. The third kappa shape index (κ3) is 3.28. The first-order valence-corrected chi connectivity index (χ1v) is 11.0. The van der Waals surface area contributed by atoms with Crippen molar-refractivity contribution in [3.05, 3.63) is 34.9 Å². The second kappa shape index (κ2) is 7.67. The summed E-state index contributed by atoms with van der Waals surface area (Å²) in [5.41, 5.74) is 9.64. The largest absolute Gasteiger partial charge is 0.363 e. The quantitative estimate of drug-likeness (QED) is 0.718. The topological polar surface area (TPSA) is 88.2 Å². The fraction of sp³-hybridized carbons (Fsp3) is 0.545. The van der Waals surface area contributed by atoms with Gasteiger partial charge in [0.15, 0.2) is 11.6 Å². The molecule has 5 rings (SSSR count). The predicted molar refractivity (Wildman–Crippen MR) is 114 cm³/mol. The Balaban J connectivity index is 1.56. The molecule has 0 spiro atoms. The number of nitrogens with two attached hydrogens (primary N) is 1. The molecule has 8 heteroatoms. The van der Waals surface area contributed by atoms with E-state index in [2.05, 4.69) is 38.1 Å². The van der Waals surface area contributed by atoms with Gasteiger partial charge in [0.25, 0.3) is 5.91 Å². The van der Waals surface area contributed by atoms with Gasteiger partial charge >= 0.3 is 0 Å². The van der Waals surface area contributed by atoms with E-state index in [1.54, 1.807) is 0 Å². The Morgan fingerprint density at radius 1 is 1.33 bits per heavy atom. The number of nitrogens with zero attached hydrogens (tertiary/aromatic N) is 3. The average molecular weight is 413 g/mol. The lowest BCUT2D eigenvalue weighted by atomic mass is 9.91. The zero-order chi connectivity index (χ0) is 20.8. The summed E-state index contributed by atoms with van der Waals surface area (Å²) in [6.07, 6.45) is 6.06. The Morgan fingerprint density at radius 3 is 2.97 bits per heavy atom. The highest BCUT2D eigenvalue weighted by Gasteiger charge is 2.32. The predicted octanol–water partition coefficient (Wildman–Crippen LogP) is 2.45. The van der Waals surface area contributed by atoms with Gasteiger partial charge < -0.3 is 20.9 Å². The van der Waals surface area contributed by atoms with E-state index in [0.29, 0.717) is 16.8 Å². The number of halogens is 1. The number of hydrogen-bond donors (Lipinski definition) is 3. The lowest BCUT2D eigenvalue weighted by Crippen LogP contribution is -2.43. The van der Waals surface area contributed by atoms with Crippen LogP contribution in [-0.4, -0.2) is 45.5 Å². The molecule has 4 N–H and O–H groups in total. The molecule has 4 heterocycles. The normalized spacial score (nSPS) is 23.8. The molecule has 3 aliphatic rings. The Kier molecular flexibility index (Phi) is 4.99. The Bertz CT molecular complexity index is 986. The molecule has 2 aromatic rings. The van der Waals surface area contributed by atoms with Gasteiger partial charge in [0, 0.05) is 61.3 Å². The summed E-state index contributed by atoms with van der Waals surface area (Å²) in [4.78, 5) is 19.6. The van der Waals surface area contributed by atoms with E-state index in [1.807, 2.05) is 6.20 Å². The number of fused-ring (bicyclic) bond motifs is 2. The average Bonchev–Trinajstić information content (AvgIpc) is 3.35. The monoisotopic (exact) mass is 412 g/mol. The second-order valence-electron chi connectivity index (χ2n) is 8.64. The van der Waals surface area contributed by atoms with Crippen molar-refractivity contribution in [1.82, 2.24) is 19.8 Å². The number of hydrogen-bond acceptors (Lipinski definition) is 5. The van der Waals surface area contributed by atoms with Gasteiger partial charge in [-0.15, -0.1) is 0 Å². The maximum absolute atomic E-state index is 15.3. The SMILES string of the molecule is CCN1CCn2cc(-c3nc(N[C@@H]4CCCC[C@@H]4N)c(F)c4c3C(=O)NC4)cc2C1. The minimum atomic E-state index is -0.439. The van der Waals surface area contributed by atoms with Crippen molar-refractivity contribution in [2.24, 2.45) is 5.73 Å². The van der Waals surface area contributed by atoms with Gasteiger partial charge in [-0.05, 0) is 25.5 Å². The summed E-state index contributed by atoms with van der Waals surface area (Å²) in [5, 5.41) is 6.03. The van der Waals surface area contributed by atoms with Crippen LogP contribution in [0.25, 0.3) is 11.3 Å². The van der Waals surface area contributed by atoms with Crippen LogP contribution in [0.2, 0.25) is 0 Å². The number of aromatic nitrogens is 2. The van der Waals surface area contributed by atoms with Gasteiger partial charge in [0.1, 0.15) is 0 Å². The molecule has 2 atom stereocenters. The van der Waals surface area contributed by atoms with Crippen molar-refractivity contribution in [1.29, 1.82) is 0 Å². The highest BCUT2D eigenvalue weighted by atomic mass is 19.1. The van der Waals surface area contributed by atoms with Crippen LogP contribution in [0.4, 0.5) is 10.2 Å². The Labute approximate surface area is 175 Å². The van der Waals surface area contributed by atoms with Crippen LogP contribution in [0.5, 0.6) is 0 Å². The van der Waals surface area contributed by atoms with E-state index in [1.165, 1.54) is 5.69 Å². The first kappa shape index (κ1) is 19.5. The zero-order valence-electron chi connectivity index (χ0n) is 17.4. The smallest absolute Gasteiger partial charge is 0.254 e. The molecule has 0 bridgehead atoms. The molecular formula is C22H29FN6O. The van der Waals surface area contributed by atoms with Crippen molar-refractivity contribution >= 4 is 11.7 Å². The van der Waals surface area contributed by atoms with Crippen LogP contribution in [0, 0.1) is 5.82 Å². The molecule has 2 aliphatic heterocycles. The number of amides is 1. The van der Waals surface area contributed by atoms with Crippen molar-refractivity contribution in [2.75, 3.05) is 18.4 Å². The van der Waals surface area contributed by atoms with Crippen LogP contribution in [-0.2, 0) is 19.6 Å². The van der Waals surface area contributed by atoms with E-state index in [9.17, 15) is 4.79 Å². The highest BCUT2D eigenvalue weighted by Crippen LogP contribution is 2.35. The van der Waals surface area contributed by atoms with Crippen LogP contribution in [0.3, 0.4) is 0 Å². The van der Waals surface area contributed by atoms with Crippen LogP contribution in [0.1, 0.15) is 54.2 Å². The van der Waals surface area contributed by atoms with E-state index < -0.39 is 5.82 Å². The molecule has 7 nitrogen and oxygen atoms in total. The fourth-order valence-corrected chi connectivity index (χ4v) is 4.95. The van der Waals surface area contributed by atoms with Gasteiger partial charge in [0.2, 0.25) is 0 Å². The maximum atomic E-state index is 15.3. The van der Waals surface area contributed by atoms with Crippen molar-refractivity contribution in [3.63, 3.8) is 0 Å². The third-order valence-electron chi connectivity index (χ3n) is 6.78. The Morgan fingerprint density at radius 2 is 2.17 bits per heavy atom. The number of carbonyl (C=O) groups excluding carboxylic acids is 1. The zero-order valence-corrected chi connectivity index (χ0v) is 17.4. The highest BCUT2D eigenvalue weighted by molar-refractivity contribution is 6.04. The molecule has 2 aromatic heterocycles. The molecule has 1 saturated carbocycles. The molecule has 0 unspecified atom stereocenters. The van der Waals surface area contributed by atoms with Crippen molar-refractivity contribution < 1.29 is 9.18 Å². The number of nitrogens with one attached hydrogen (secondary N) is 2. The van der Waals surface area contributed by atoms with E-state index in [0.717, 1.165) is 57.4 Å². The lowest BCUT2D eigenvalue weighted by Gasteiger charge is -2.30. The molecule has 1 aliphatic carbocycles. The number of anilines is 1. The van der Waals surface area contributed by atoms with Crippen molar-refractivity contribution in [3.8, 4) is 11.3 Å². The van der Waals surface area contributed by atoms with Crippen LogP contribution in [0.15, 0.2) is 12.3 Å². The van der Waals surface area contributed by atoms with Gasteiger partial charge in [-0.25, -0.2) is 9.37 Å². The van der Waals surface area contributed by atoms with E-state index in [-0.39, 0.29) is 30.4 Å². The molecule has 1 amide bonds. The summed E-state index contributed by atoms with van der Waals surface area (Å²) in [7, 11) is 0. The first-order valence-electron chi connectivity index (χ1n) is 11.0. The lowest BCUT2D eigenvalue weighted by molar-refractivity contribution is 0.0966. The van der Waals surface area contributed by atoms with Crippen LogP contribution >= 0.6 is 0 Å². The van der Waals surface area contributed by atoms with Crippen molar-refractivity contribution in [2.45, 2.75) is 64.3 Å². The van der Waals surface area contributed by atoms with Crippen LogP contribution < -0.4 is 16.4 Å². The number of pyridine rings is 1. The standard InChI is InChI=1S/C22H29FN6O/c1-2-28-7-8-29-11-13(9-14(29)12-28)20-18-15(10-25-22(18)30)19(23)21(27-20)26-17-6-4-3-5-16(17)24/h9,11,16-17H,2-8,10,12,24H2,1H3,(H,25,30)(H,26,27)/t16-,17+/m0/s1. The Hall–Kier alpha value is -2.45. The minimum absolute atomic E-state index is 0.00271. The van der Waals surface area contributed by atoms with E-state index >= 15 is 4.39 Å². The second-order valence-corrected chi connectivity index (χ2v) is 8.64. The summed E-state index contributed by atoms with van der Waals surface area (Å²) in [5.74, 6) is -0.486. The van der Waals surface area contributed by atoms with Gasteiger partial charge in [-0.2, -0.15) is 0 Å². The summed E-state index contributed by atoms with van der Waals surface area (Å²) < 4.78 is 17.5. The molecule has 0 radical (unpaired) electrons. The van der Waals surface area contributed by atoms with Gasteiger partial charge in [0.05, 0.1) is 11.3 Å². The van der Waals surface area contributed by atoms with Gasteiger partial charge in [-0.3, -0.25) is 9.69 Å². The maximum Gasteiger partial charge on any atom is 0.254 e. The number of likely N-dealkylation sites (N-methyl/N-ethyl adjacent to an activating group) is 1. The molecule has 1 fully saturated rings.